The highest BCUT2D eigenvalue weighted by molar-refractivity contribution is 6.00. The fourth-order valence-corrected chi connectivity index (χ4v) is 1.60. The van der Waals surface area contributed by atoms with E-state index >= 15 is 0 Å². The van der Waals surface area contributed by atoms with Crippen molar-refractivity contribution in [2.45, 2.75) is 6.92 Å². The maximum Gasteiger partial charge on any atom is 0.160 e. The summed E-state index contributed by atoms with van der Waals surface area (Å²) in [5, 5.41) is 0. The molecule has 0 fully saturated rings. The summed E-state index contributed by atoms with van der Waals surface area (Å²) in [6, 6.07) is 8.48. The first kappa shape index (κ1) is 10.5. The Labute approximate surface area is 92.8 Å². The SMILES string of the molecule is CC(=O)c1ccccc1-c1cncc(F)c1. The molecule has 0 radical (unpaired) electrons. The van der Waals surface area contributed by atoms with Gasteiger partial charge >= 0.3 is 0 Å². The molecule has 2 aromatic rings. The zero-order valence-electron chi connectivity index (χ0n) is 8.77. The number of aromatic nitrogens is 1. The van der Waals surface area contributed by atoms with E-state index in [2.05, 4.69) is 4.98 Å². The summed E-state index contributed by atoms with van der Waals surface area (Å²) < 4.78 is 13.0. The third-order valence-electron chi connectivity index (χ3n) is 2.32. The monoisotopic (exact) mass is 215 g/mol. The molecule has 0 bridgehead atoms. The minimum Gasteiger partial charge on any atom is -0.294 e. The van der Waals surface area contributed by atoms with Crippen LogP contribution in [0.2, 0.25) is 0 Å². The van der Waals surface area contributed by atoms with Gasteiger partial charge in [0.05, 0.1) is 6.20 Å². The van der Waals surface area contributed by atoms with Crippen LogP contribution in [0, 0.1) is 5.82 Å². The first-order chi connectivity index (χ1) is 7.68. The van der Waals surface area contributed by atoms with Gasteiger partial charge in [0.25, 0.3) is 0 Å². The van der Waals surface area contributed by atoms with Crippen molar-refractivity contribution >= 4 is 5.78 Å². The van der Waals surface area contributed by atoms with E-state index in [1.54, 1.807) is 24.4 Å². The largest absolute Gasteiger partial charge is 0.294 e. The average Bonchev–Trinajstić information content (AvgIpc) is 2.29. The van der Waals surface area contributed by atoms with E-state index in [9.17, 15) is 9.18 Å². The molecule has 0 N–H and O–H groups in total. The minimum atomic E-state index is -0.407. The van der Waals surface area contributed by atoms with Gasteiger partial charge in [-0.15, -0.1) is 0 Å². The van der Waals surface area contributed by atoms with E-state index in [0.29, 0.717) is 16.7 Å². The van der Waals surface area contributed by atoms with E-state index in [1.807, 2.05) is 6.07 Å². The molecule has 0 saturated carbocycles. The number of hydrogen-bond donors (Lipinski definition) is 0. The molecule has 2 rings (SSSR count). The molecule has 1 heterocycles. The number of carbonyl (C=O) groups is 1. The van der Waals surface area contributed by atoms with Gasteiger partial charge < -0.3 is 0 Å². The van der Waals surface area contributed by atoms with Crippen LogP contribution in [-0.4, -0.2) is 10.8 Å². The number of halogens is 1. The Bertz CT molecular complexity index is 537. The van der Waals surface area contributed by atoms with Crippen LogP contribution >= 0.6 is 0 Å². The molecule has 0 amide bonds. The lowest BCUT2D eigenvalue weighted by Gasteiger charge is -2.06. The highest BCUT2D eigenvalue weighted by atomic mass is 19.1. The van der Waals surface area contributed by atoms with E-state index in [4.69, 9.17) is 0 Å². The maximum absolute atomic E-state index is 13.0. The first-order valence-corrected chi connectivity index (χ1v) is 4.89. The summed E-state index contributed by atoms with van der Waals surface area (Å²) in [6.07, 6.45) is 2.69. The van der Waals surface area contributed by atoms with Gasteiger partial charge in [-0.3, -0.25) is 9.78 Å². The van der Waals surface area contributed by atoms with Gasteiger partial charge in [0.15, 0.2) is 5.78 Å². The van der Waals surface area contributed by atoms with Gasteiger partial charge in [0.1, 0.15) is 5.82 Å². The summed E-state index contributed by atoms with van der Waals surface area (Å²) in [5.74, 6) is -0.448. The third-order valence-corrected chi connectivity index (χ3v) is 2.32. The molecular formula is C13H10FNO. The van der Waals surface area contributed by atoms with Crippen molar-refractivity contribution in [2.75, 3.05) is 0 Å². The Hall–Kier alpha value is -2.03. The molecule has 0 aliphatic carbocycles. The van der Waals surface area contributed by atoms with Crippen LogP contribution in [0.25, 0.3) is 11.1 Å². The summed E-state index contributed by atoms with van der Waals surface area (Å²) >= 11 is 0. The molecule has 0 aliphatic heterocycles. The minimum absolute atomic E-state index is 0.0418. The van der Waals surface area contributed by atoms with Crippen molar-refractivity contribution < 1.29 is 9.18 Å². The molecule has 0 unspecified atom stereocenters. The average molecular weight is 215 g/mol. The van der Waals surface area contributed by atoms with Gasteiger partial charge in [-0.25, -0.2) is 4.39 Å². The number of rotatable bonds is 2. The van der Waals surface area contributed by atoms with E-state index in [1.165, 1.54) is 13.0 Å². The molecule has 1 aromatic heterocycles. The van der Waals surface area contributed by atoms with Crippen LogP contribution in [0.3, 0.4) is 0 Å². The zero-order chi connectivity index (χ0) is 11.5. The molecule has 16 heavy (non-hydrogen) atoms. The number of nitrogens with zero attached hydrogens (tertiary/aromatic N) is 1. The number of ketones is 1. The normalized spacial score (nSPS) is 10.1. The maximum atomic E-state index is 13.0. The summed E-state index contributed by atoms with van der Waals surface area (Å²) in [7, 11) is 0. The van der Waals surface area contributed by atoms with E-state index < -0.39 is 5.82 Å². The molecule has 2 nitrogen and oxygen atoms in total. The van der Waals surface area contributed by atoms with Crippen LogP contribution in [-0.2, 0) is 0 Å². The molecular weight excluding hydrogens is 205 g/mol. The molecule has 0 atom stereocenters. The fourth-order valence-electron chi connectivity index (χ4n) is 1.60. The highest BCUT2D eigenvalue weighted by Gasteiger charge is 2.08. The molecule has 80 valence electrons. The topological polar surface area (TPSA) is 30.0 Å². The molecule has 0 aliphatic rings. The Balaban J connectivity index is 2.60. The Morgan fingerprint density at radius 3 is 2.69 bits per heavy atom. The molecule has 0 saturated heterocycles. The Morgan fingerprint density at radius 1 is 1.25 bits per heavy atom. The van der Waals surface area contributed by atoms with Crippen LogP contribution in [0.4, 0.5) is 4.39 Å². The van der Waals surface area contributed by atoms with Crippen molar-refractivity contribution in [1.29, 1.82) is 0 Å². The Morgan fingerprint density at radius 2 is 2.00 bits per heavy atom. The smallest absolute Gasteiger partial charge is 0.160 e. The van der Waals surface area contributed by atoms with Crippen LogP contribution in [0.5, 0.6) is 0 Å². The third kappa shape index (κ3) is 1.98. The number of Topliss-reactive ketones (excluding diaryl/α,β-unsaturated/α-hetero) is 1. The van der Waals surface area contributed by atoms with Crippen LogP contribution in [0.15, 0.2) is 42.7 Å². The van der Waals surface area contributed by atoms with Gasteiger partial charge in [-0.2, -0.15) is 0 Å². The second-order valence-electron chi connectivity index (χ2n) is 3.49. The lowest BCUT2D eigenvalue weighted by molar-refractivity contribution is 0.101. The highest BCUT2D eigenvalue weighted by Crippen LogP contribution is 2.23. The molecule has 0 spiro atoms. The summed E-state index contributed by atoms with van der Waals surface area (Å²) in [6.45, 7) is 1.49. The number of carbonyl (C=O) groups excluding carboxylic acids is 1. The number of pyridine rings is 1. The molecule has 1 aromatic carbocycles. The predicted octanol–water partition coefficient (Wildman–Crippen LogP) is 3.09. The van der Waals surface area contributed by atoms with E-state index in [0.717, 1.165) is 6.20 Å². The standard InChI is InChI=1S/C13H10FNO/c1-9(16)12-4-2-3-5-13(12)10-6-11(14)8-15-7-10/h2-8H,1H3. The van der Waals surface area contributed by atoms with Crippen LogP contribution in [0.1, 0.15) is 17.3 Å². The van der Waals surface area contributed by atoms with Gasteiger partial charge in [0.2, 0.25) is 0 Å². The summed E-state index contributed by atoms with van der Waals surface area (Å²) in [4.78, 5) is 15.2. The lowest BCUT2D eigenvalue weighted by Crippen LogP contribution is -1.96. The van der Waals surface area contributed by atoms with Gasteiger partial charge in [0, 0.05) is 17.3 Å². The van der Waals surface area contributed by atoms with Crippen molar-refractivity contribution in [3.05, 3.63) is 54.1 Å². The van der Waals surface area contributed by atoms with Crippen molar-refractivity contribution in [3.8, 4) is 11.1 Å². The fraction of sp³-hybridized carbons (Fsp3) is 0.0769. The number of benzene rings is 1. The molecule has 3 heteroatoms. The van der Waals surface area contributed by atoms with Gasteiger partial charge in [-0.05, 0) is 18.6 Å². The lowest BCUT2D eigenvalue weighted by atomic mass is 9.99. The van der Waals surface area contributed by atoms with Crippen LogP contribution < -0.4 is 0 Å². The number of hydrogen-bond acceptors (Lipinski definition) is 2. The van der Waals surface area contributed by atoms with Gasteiger partial charge in [-0.1, -0.05) is 24.3 Å². The first-order valence-electron chi connectivity index (χ1n) is 4.89. The summed E-state index contributed by atoms with van der Waals surface area (Å²) in [5.41, 5.74) is 1.91. The Kier molecular flexibility index (Phi) is 2.77. The predicted molar refractivity (Wildman–Crippen MR) is 59.6 cm³/mol. The second-order valence-corrected chi connectivity index (χ2v) is 3.49. The van der Waals surface area contributed by atoms with E-state index in [-0.39, 0.29) is 5.78 Å². The second kappa shape index (κ2) is 4.23. The zero-order valence-corrected chi connectivity index (χ0v) is 8.77. The van der Waals surface area contributed by atoms with Crippen molar-refractivity contribution in [2.24, 2.45) is 0 Å². The van der Waals surface area contributed by atoms with Crippen molar-refractivity contribution in [3.63, 3.8) is 0 Å². The quantitative estimate of drug-likeness (QED) is 0.720. The van der Waals surface area contributed by atoms with Crippen molar-refractivity contribution in [1.82, 2.24) is 4.98 Å².